The summed E-state index contributed by atoms with van der Waals surface area (Å²) >= 11 is 6.37. The van der Waals surface area contributed by atoms with E-state index < -0.39 is 17.9 Å². The maximum absolute atomic E-state index is 13.1. The molecule has 0 radical (unpaired) electrons. The van der Waals surface area contributed by atoms with Crippen molar-refractivity contribution in [2.75, 3.05) is 0 Å². The molecule has 3 aromatic rings. The van der Waals surface area contributed by atoms with Gasteiger partial charge in [-0.15, -0.1) is 0 Å². The van der Waals surface area contributed by atoms with Crippen molar-refractivity contribution in [3.63, 3.8) is 0 Å². The zero-order valence-electron chi connectivity index (χ0n) is 15.4. The number of phenols is 1. The molecule has 0 fully saturated rings. The van der Waals surface area contributed by atoms with Crippen molar-refractivity contribution in [3.8, 4) is 5.75 Å². The van der Waals surface area contributed by atoms with Crippen molar-refractivity contribution < 1.29 is 19.8 Å². The molecule has 0 saturated carbocycles. The summed E-state index contributed by atoms with van der Waals surface area (Å²) in [7, 11) is 0. The molecule has 0 amide bonds. The van der Waals surface area contributed by atoms with Crippen LogP contribution in [0.3, 0.4) is 0 Å². The molecule has 112 valence electrons. The molecular weight excluding hydrogens is 412 g/mol. The van der Waals surface area contributed by atoms with Crippen LogP contribution in [0.2, 0.25) is 0 Å². The molecule has 1 N–H and O–H groups in total. The summed E-state index contributed by atoms with van der Waals surface area (Å²) in [4.78, 5) is 13.1. The quantitative estimate of drug-likeness (QED) is 0.564. The zero-order chi connectivity index (χ0) is 19.3. The first-order valence-electron chi connectivity index (χ1n) is 8.43. The third kappa shape index (κ3) is 2.48. The molecule has 0 aliphatic carbocycles. The molecule has 3 rings (SSSR count). The van der Waals surface area contributed by atoms with Crippen LogP contribution in [-0.4, -0.2) is 10.9 Å². The molecule has 3 nitrogen and oxygen atoms in total. The lowest BCUT2D eigenvalue weighted by Crippen LogP contribution is -2.03. The van der Waals surface area contributed by atoms with Crippen molar-refractivity contribution in [1.82, 2.24) is 0 Å². The maximum atomic E-state index is 13.1. The zero-order valence-corrected chi connectivity index (χ0v) is 14.6. The number of carbonyl (C=O) groups is 1. The monoisotopic (exact) mass is 426 g/mol. The van der Waals surface area contributed by atoms with E-state index in [4.69, 9.17) is 9.90 Å². The van der Waals surface area contributed by atoms with Gasteiger partial charge in [-0.3, -0.25) is 4.79 Å². The standard InChI is InChI=1S/C17H12Br2O3/c1-2-13-15(10-5-3-4-6-14(10)22-13)16(20)9-7-11(18)17(21)12(19)8-9/h3-8,21H,2H2,1H3/i3D,4D,5D,6D. The fourth-order valence-electron chi connectivity index (χ4n) is 2.20. The Hall–Kier alpha value is -1.59. The topological polar surface area (TPSA) is 50.4 Å². The molecule has 0 spiro atoms. The highest BCUT2D eigenvalue weighted by Gasteiger charge is 2.22. The number of phenolic OH excluding ortho intramolecular Hbond substituents is 1. The van der Waals surface area contributed by atoms with Crippen LogP contribution in [0, 0.1) is 0 Å². The third-order valence-electron chi connectivity index (χ3n) is 3.23. The van der Waals surface area contributed by atoms with Gasteiger partial charge in [-0.05, 0) is 50.0 Å². The lowest BCUT2D eigenvalue weighted by Gasteiger charge is -2.06. The van der Waals surface area contributed by atoms with Gasteiger partial charge in [-0.2, -0.15) is 0 Å². The van der Waals surface area contributed by atoms with Gasteiger partial charge in [0, 0.05) is 17.4 Å². The molecule has 1 heterocycles. The highest BCUT2D eigenvalue weighted by molar-refractivity contribution is 9.11. The van der Waals surface area contributed by atoms with Crippen LogP contribution >= 0.6 is 31.9 Å². The van der Waals surface area contributed by atoms with Crippen molar-refractivity contribution in [3.05, 3.63) is 62.1 Å². The van der Waals surface area contributed by atoms with Crippen LogP contribution < -0.4 is 0 Å². The van der Waals surface area contributed by atoms with Crippen molar-refractivity contribution >= 4 is 48.6 Å². The van der Waals surface area contributed by atoms with Crippen molar-refractivity contribution in [2.24, 2.45) is 0 Å². The van der Waals surface area contributed by atoms with E-state index in [2.05, 4.69) is 31.9 Å². The summed E-state index contributed by atoms with van der Waals surface area (Å²) in [5, 5.41) is 9.91. The Bertz CT molecular complexity index is 1050. The van der Waals surface area contributed by atoms with Gasteiger partial charge >= 0.3 is 0 Å². The van der Waals surface area contributed by atoms with Gasteiger partial charge in [0.2, 0.25) is 0 Å². The van der Waals surface area contributed by atoms with E-state index in [0.29, 0.717) is 15.4 Å². The number of benzene rings is 2. The fraction of sp³-hybridized carbons (Fsp3) is 0.118. The summed E-state index contributed by atoms with van der Waals surface area (Å²) < 4.78 is 38.1. The summed E-state index contributed by atoms with van der Waals surface area (Å²) in [6.07, 6.45) is 0.343. The molecule has 1 aromatic heterocycles. The molecular formula is C17H12Br2O3. The Morgan fingerprint density at radius 1 is 1.27 bits per heavy atom. The molecule has 5 heteroatoms. The minimum atomic E-state index is -0.452. The van der Waals surface area contributed by atoms with Gasteiger partial charge in [0.25, 0.3) is 0 Å². The number of rotatable bonds is 3. The summed E-state index contributed by atoms with van der Waals surface area (Å²) in [6, 6.07) is 1.44. The van der Waals surface area contributed by atoms with E-state index in [1.807, 2.05) is 0 Å². The Labute approximate surface area is 149 Å². The Morgan fingerprint density at radius 2 is 1.91 bits per heavy atom. The second-order valence-electron chi connectivity index (χ2n) is 4.58. The lowest BCUT2D eigenvalue weighted by molar-refractivity contribution is 0.103. The Morgan fingerprint density at radius 3 is 2.55 bits per heavy atom. The average molecular weight is 428 g/mol. The molecule has 0 aliphatic rings. The van der Waals surface area contributed by atoms with Gasteiger partial charge in [0.1, 0.15) is 17.1 Å². The second-order valence-corrected chi connectivity index (χ2v) is 6.28. The third-order valence-corrected chi connectivity index (χ3v) is 4.44. The van der Waals surface area contributed by atoms with Gasteiger partial charge in [-0.25, -0.2) is 0 Å². The van der Waals surface area contributed by atoms with Gasteiger partial charge in [-0.1, -0.05) is 25.1 Å². The number of carbonyl (C=O) groups excluding carboxylic acids is 1. The SMILES string of the molecule is [2H]c1c([2H])c([2H])c2c(C(=O)c3cc(Br)c(O)c(Br)c3)c(CC)oc2c1[2H]. The number of hydrogen-bond acceptors (Lipinski definition) is 3. The number of ketones is 1. The van der Waals surface area contributed by atoms with Gasteiger partial charge in [0.15, 0.2) is 5.78 Å². The molecule has 22 heavy (non-hydrogen) atoms. The minimum absolute atomic E-state index is 0.0342. The van der Waals surface area contributed by atoms with Crippen LogP contribution in [0.4, 0.5) is 0 Å². The highest BCUT2D eigenvalue weighted by atomic mass is 79.9. The van der Waals surface area contributed by atoms with E-state index in [9.17, 15) is 9.90 Å². The Kier molecular flexibility index (Phi) is 2.95. The van der Waals surface area contributed by atoms with E-state index in [1.165, 1.54) is 12.1 Å². The first-order valence-corrected chi connectivity index (χ1v) is 8.02. The molecule has 0 atom stereocenters. The molecule has 0 bridgehead atoms. The Balaban J connectivity index is 2.36. The van der Waals surface area contributed by atoms with Gasteiger partial charge < -0.3 is 9.52 Å². The highest BCUT2D eigenvalue weighted by Crippen LogP contribution is 2.35. The summed E-state index contributed by atoms with van der Waals surface area (Å²) in [6.45, 7) is 1.77. The van der Waals surface area contributed by atoms with Crippen molar-refractivity contribution in [2.45, 2.75) is 13.3 Å². The smallest absolute Gasteiger partial charge is 0.197 e. The van der Waals surface area contributed by atoms with E-state index in [0.717, 1.165) is 0 Å². The number of furan rings is 1. The second kappa shape index (κ2) is 5.89. The van der Waals surface area contributed by atoms with E-state index >= 15 is 0 Å². The number of hydrogen-bond donors (Lipinski definition) is 1. The molecule has 2 aromatic carbocycles. The normalized spacial score (nSPS) is 13.6. The minimum Gasteiger partial charge on any atom is -0.506 e. The van der Waals surface area contributed by atoms with Crippen LogP contribution in [0.1, 0.15) is 34.1 Å². The molecule has 0 saturated heterocycles. The van der Waals surface area contributed by atoms with E-state index in [-0.39, 0.29) is 45.7 Å². The summed E-state index contributed by atoms with van der Waals surface area (Å²) in [5.41, 5.74) is 0.318. The number of aromatic hydroxyl groups is 1. The number of aryl methyl sites for hydroxylation is 1. The van der Waals surface area contributed by atoms with Crippen LogP contribution in [0.15, 0.2) is 49.7 Å². The van der Waals surface area contributed by atoms with Crippen LogP contribution in [-0.2, 0) is 6.42 Å². The fourth-order valence-corrected chi connectivity index (χ4v) is 3.38. The van der Waals surface area contributed by atoms with Crippen LogP contribution in [0.25, 0.3) is 11.0 Å². The first-order chi connectivity index (χ1) is 12.2. The number of fused-ring (bicyclic) bond motifs is 1. The summed E-state index contributed by atoms with van der Waals surface area (Å²) in [5.74, 6) is -0.208. The maximum Gasteiger partial charge on any atom is 0.197 e. The lowest BCUT2D eigenvalue weighted by atomic mass is 9.99. The van der Waals surface area contributed by atoms with Crippen molar-refractivity contribution in [1.29, 1.82) is 0 Å². The predicted molar refractivity (Wildman–Crippen MR) is 92.5 cm³/mol. The molecule has 0 unspecified atom stereocenters. The molecule has 0 aliphatic heterocycles. The predicted octanol–water partition coefficient (Wildman–Crippen LogP) is 5.46. The number of halogens is 2. The first kappa shape index (κ1) is 11.0. The van der Waals surface area contributed by atoms with Gasteiger partial charge in [0.05, 0.1) is 20.0 Å². The van der Waals surface area contributed by atoms with Crippen LogP contribution in [0.5, 0.6) is 5.75 Å². The largest absolute Gasteiger partial charge is 0.506 e. The number of para-hydroxylation sites is 1. The average Bonchev–Trinajstić information content (AvgIpc) is 3.01. The van der Waals surface area contributed by atoms with E-state index in [1.54, 1.807) is 6.92 Å².